The van der Waals surface area contributed by atoms with Gasteiger partial charge in [0.25, 0.3) is 5.91 Å². The molecule has 25 heavy (non-hydrogen) atoms. The van der Waals surface area contributed by atoms with Crippen molar-refractivity contribution in [2.24, 2.45) is 0 Å². The average Bonchev–Trinajstić information content (AvgIpc) is 2.87. The van der Waals surface area contributed by atoms with Gasteiger partial charge in [-0.15, -0.1) is 0 Å². The Morgan fingerprint density at radius 3 is 2.80 bits per heavy atom. The Hall–Kier alpha value is -1.72. The van der Waals surface area contributed by atoms with E-state index in [1.54, 1.807) is 22.7 Å². The fraction of sp³-hybridized carbons (Fsp3) is 0.316. The molecule has 2 aromatic rings. The Balaban J connectivity index is 1.71. The first-order chi connectivity index (χ1) is 12.1. The van der Waals surface area contributed by atoms with Gasteiger partial charge in [0.15, 0.2) is 11.6 Å². The lowest BCUT2D eigenvalue weighted by molar-refractivity contribution is 0.0766. The van der Waals surface area contributed by atoms with Crippen LogP contribution in [0.25, 0.3) is 0 Å². The molecule has 0 bridgehead atoms. The van der Waals surface area contributed by atoms with E-state index in [9.17, 15) is 9.18 Å². The minimum atomic E-state index is -0.522. The highest BCUT2D eigenvalue weighted by atomic mass is 35.5. The van der Waals surface area contributed by atoms with Crippen molar-refractivity contribution in [2.75, 3.05) is 26.0 Å². The third-order valence-electron chi connectivity index (χ3n) is 4.28. The van der Waals surface area contributed by atoms with Crippen LogP contribution in [0.15, 0.2) is 42.5 Å². The molecule has 6 heteroatoms. The Bertz CT molecular complexity index is 771. The van der Waals surface area contributed by atoms with Crippen LogP contribution in [0.4, 0.5) is 4.39 Å². The summed E-state index contributed by atoms with van der Waals surface area (Å²) in [4.78, 5) is 14.5. The molecule has 132 valence electrons. The molecule has 0 aliphatic carbocycles. The predicted molar refractivity (Wildman–Crippen MR) is 100 cm³/mol. The first kappa shape index (κ1) is 18.1. The van der Waals surface area contributed by atoms with Gasteiger partial charge in [-0.2, -0.15) is 11.8 Å². The number of rotatable bonds is 3. The minimum Gasteiger partial charge on any atom is -0.494 e. The number of thioether (sulfide) groups is 1. The molecule has 1 atom stereocenters. The molecule has 1 fully saturated rings. The molecule has 3 rings (SSSR count). The van der Waals surface area contributed by atoms with Gasteiger partial charge in [-0.1, -0.05) is 29.8 Å². The normalized spacial score (nSPS) is 17.9. The zero-order valence-electron chi connectivity index (χ0n) is 13.9. The first-order valence-corrected chi connectivity index (χ1v) is 9.51. The summed E-state index contributed by atoms with van der Waals surface area (Å²) in [6.45, 7) is 1.26. The van der Waals surface area contributed by atoms with Gasteiger partial charge < -0.3 is 9.64 Å². The number of hydrogen-bond donors (Lipinski definition) is 0. The molecule has 1 amide bonds. The number of hydrogen-bond acceptors (Lipinski definition) is 3. The highest BCUT2D eigenvalue weighted by Gasteiger charge is 2.24. The Morgan fingerprint density at radius 1 is 1.28 bits per heavy atom. The monoisotopic (exact) mass is 379 g/mol. The second-order valence-corrected chi connectivity index (χ2v) is 7.53. The van der Waals surface area contributed by atoms with Crippen LogP contribution in [0, 0.1) is 5.82 Å². The lowest BCUT2D eigenvalue weighted by atomic mass is 10.1. The zero-order chi connectivity index (χ0) is 17.8. The van der Waals surface area contributed by atoms with E-state index < -0.39 is 5.82 Å². The second-order valence-electron chi connectivity index (χ2n) is 5.81. The standard InChI is InChI=1S/C19H19ClFNO2S/c1-24-17-7-6-13(12-16(17)21)19(23)22-9-8-18(25-11-10-22)14-4-2-3-5-15(14)20/h2-7,12,18H,8-11H2,1H3. The van der Waals surface area contributed by atoms with E-state index in [2.05, 4.69) is 0 Å². The molecule has 0 spiro atoms. The van der Waals surface area contributed by atoms with Gasteiger partial charge >= 0.3 is 0 Å². The number of benzene rings is 2. The fourth-order valence-electron chi connectivity index (χ4n) is 2.94. The molecular formula is C19H19ClFNO2S. The molecule has 1 heterocycles. The van der Waals surface area contributed by atoms with E-state index in [0.717, 1.165) is 22.8 Å². The van der Waals surface area contributed by atoms with Crippen molar-refractivity contribution in [1.29, 1.82) is 0 Å². The predicted octanol–water partition coefficient (Wildman–Crippen LogP) is 4.81. The van der Waals surface area contributed by atoms with Gasteiger partial charge in [0.1, 0.15) is 0 Å². The molecule has 0 saturated carbocycles. The molecule has 1 aliphatic rings. The number of methoxy groups -OCH3 is 1. The van der Waals surface area contributed by atoms with Crippen LogP contribution in [-0.4, -0.2) is 36.8 Å². The molecular weight excluding hydrogens is 361 g/mol. The van der Waals surface area contributed by atoms with E-state index in [1.807, 2.05) is 24.3 Å². The topological polar surface area (TPSA) is 29.5 Å². The molecule has 1 unspecified atom stereocenters. The van der Waals surface area contributed by atoms with Gasteiger partial charge in [-0.3, -0.25) is 4.79 Å². The van der Waals surface area contributed by atoms with Crippen LogP contribution in [0.5, 0.6) is 5.75 Å². The second kappa shape index (κ2) is 8.11. The number of carbonyl (C=O) groups is 1. The van der Waals surface area contributed by atoms with Crippen molar-refractivity contribution in [1.82, 2.24) is 4.90 Å². The lowest BCUT2D eigenvalue weighted by Crippen LogP contribution is -2.33. The summed E-state index contributed by atoms with van der Waals surface area (Å²) in [5.41, 5.74) is 1.46. The van der Waals surface area contributed by atoms with E-state index in [1.165, 1.54) is 19.2 Å². The summed E-state index contributed by atoms with van der Waals surface area (Å²) in [6, 6.07) is 12.2. The summed E-state index contributed by atoms with van der Waals surface area (Å²) in [6.07, 6.45) is 0.818. The largest absolute Gasteiger partial charge is 0.494 e. The third kappa shape index (κ3) is 4.10. The van der Waals surface area contributed by atoms with Crippen molar-refractivity contribution < 1.29 is 13.9 Å². The summed E-state index contributed by atoms with van der Waals surface area (Å²) < 4.78 is 18.8. The van der Waals surface area contributed by atoms with Crippen LogP contribution in [0.2, 0.25) is 5.02 Å². The molecule has 1 saturated heterocycles. The van der Waals surface area contributed by atoms with Crippen molar-refractivity contribution in [3.8, 4) is 5.75 Å². The zero-order valence-corrected chi connectivity index (χ0v) is 15.4. The number of nitrogens with zero attached hydrogens (tertiary/aromatic N) is 1. The SMILES string of the molecule is COc1ccc(C(=O)N2CCSC(c3ccccc3Cl)CC2)cc1F. The quantitative estimate of drug-likeness (QED) is 0.766. The van der Waals surface area contributed by atoms with E-state index in [4.69, 9.17) is 16.3 Å². The summed E-state index contributed by atoms with van der Waals surface area (Å²) in [7, 11) is 1.40. The number of carbonyl (C=O) groups excluding carboxylic acids is 1. The van der Waals surface area contributed by atoms with Gasteiger partial charge in [-0.25, -0.2) is 4.39 Å². The Labute approximate surface area is 156 Å². The van der Waals surface area contributed by atoms with Gasteiger partial charge in [0.05, 0.1) is 7.11 Å². The van der Waals surface area contributed by atoms with Gasteiger partial charge in [-0.05, 0) is 36.2 Å². The number of amides is 1. The maximum Gasteiger partial charge on any atom is 0.253 e. The summed E-state index contributed by atoms with van der Waals surface area (Å²) in [5.74, 6) is 0.287. The molecule has 0 aromatic heterocycles. The molecule has 0 radical (unpaired) electrons. The maximum absolute atomic E-state index is 13.9. The van der Waals surface area contributed by atoms with Crippen LogP contribution in [0.3, 0.4) is 0 Å². The van der Waals surface area contributed by atoms with Gasteiger partial charge in [0.2, 0.25) is 0 Å². The molecule has 0 N–H and O–H groups in total. The number of ether oxygens (including phenoxy) is 1. The average molecular weight is 380 g/mol. The highest BCUT2D eigenvalue weighted by Crippen LogP contribution is 2.38. The molecule has 1 aliphatic heterocycles. The van der Waals surface area contributed by atoms with E-state index in [-0.39, 0.29) is 16.9 Å². The van der Waals surface area contributed by atoms with Crippen LogP contribution in [0.1, 0.15) is 27.6 Å². The van der Waals surface area contributed by atoms with Crippen LogP contribution >= 0.6 is 23.4 Å². The molecule has 3 nitrogen and oxygen atoms in total. The smallest absolute Gasteiger partial charge is 0.253 e. The van der Waals surface area contributed by atoms with E-state index in [0.29, 0.717) is 18.7 Å². The van der Waals surface area contributed by atoms with Crippen molar-refractivity contribution in [3.63, 3.8) is 0 Å². The Morgan fingerprint density at radius 2 is 2.08 bits per heavy atom. The maximum atomic E-state index is 13.9. The third-order valence-corrected chi connectivity index (χ3v) is 5.93. The fourth-order valence-corrected chi connectivity index (χ4v) is 4.54. The van der Waals surface area contributed by atoms with Crippen LogP contribution in [-0.2, 0) is 0 Å². The van der Waals surface area contributed by atoms with Crippen LogP contribution < -0.4 is 4.74 Å². The van der Waals surface area contributed by atoms with Crippen molar-refractivity contribution in [3.05, 3.63) is 64.4 Å². The Kier molecular flexibility index (Phi) is 5.86. The first-order valence-electron chi connectivity index (χ1n) is 8.09. The molecule has 2 aromatic carbocycles. The summed E-state index contributed by atoms with van der Waals surface area (Å²) >= 11 is 8.11. The lowest BCUT2D eigenvalue weighted by Gasteiger charge is -2.21. The summed E-state index contributed by atoms with van der Waals surface area (Å²) in [5, 5.41) is 1.02. The van der Waals surface area contributed by atoms with Gasteiger partial charge in [0, 0.05) is 34.7 Å². The minimum absolute atomic E-state index is 0.141. The highest BCUT2D eigenvalue weighted by molar-refractivity contribution is 7.99. The van der Waals surface area contributed by atoms with E-state index >= 15 is 0 Å². The number of halogens is 2. The van der Waals surface area contributed by atoms with Crippen molar-refractivity contribution >= 4 is 29.3 Å². The van der Waals surface area contributed by atoms with Crippen molar-refractivity contribution in [2.45, 2.75) is 11.7 Å².